The lowest BCUT2D eigenvalue weighted by atomic mass is 10.1. The van der Waals surface area contributed by atoms with Crippen LogP contribution in [0.25, 0.3) is 0 Å². The van der Waals surface area contributed by atoms with Gasteiger partial charge in [-0.15, -0.1) is 13.2 Å². The van der Waals surface area contributed by atoms with Crippen LogP contribution in [0.3, 0.4) is 0 Å². The molecular weight excluding hydrogens is 447 g/mol. The summed E-state index contributed by atoms with van der Waals surface area (Å²) in [5.41, 5.74) is 2.61. The minimum Gasteiger partial charge on any atom is -0.406 e. The zero-order valence-corrected chi connectivity index (χ0v) is 18.1. The van der Waals surface area contributed by atoms with Gasteiger partial charge in [0.05, 0.1) is 10.6 Å². The Morgan fingerprint density at radius 1 is 1.06 bits per heavy atom. The topological polar surface area (TPSA) is 80.6 Å². The Morgan fingerprint density at radius 3 is 2.34 bits per heavy atom. The fraction of sp³-hybridized carbons (Fsp3) is 0.333. The minimum atomic E-state index is -4.84. The summed E-state index contributed by atoms with van der Waals surface area (Å²) < 4.78 is 67.4. The lowest BCUT2D eigenvalue weighted by Crippen LogP contribution is -2.38. The predicted molar refractivity (Wildman–Crippen MR) is 113 cm³/mol. The molecule has 0 aliphatic carbocycles. The van der Waals surface area contributed by atoms with Crippen molar-refractivity contribution in [2.75, 3.05) is 20.1 Å². The zero-order valence-electron chi connectivity index (χ0n) is 17.2. The van der Waals surface area contributed by atoms with E-state index in [2.05, 4.69) is 14.9 Å². The van der Waals surface area contributed by atoms with Crippen LogP contribution in [0.15, 0.2) is 63.6 Å². The van der Waals surface area contributed by atoms with E-state index in [4.69, 9.17) is 4.84 Å². The van der Waals surface area contributed by atoms with Crippen molar-refractivity contribution in [3.8, 4) is 5.75 Å². The van der Waals surface area contributed by atoms with Crippen molar-refractivity contribution in [1.82, 2.24) is 4.31 Å². The van der Waals surface area contributed by atoms with Crippen LogP contribution in [0.1, 0.15) is 24.0 Å². The maximum atomic E-state index is 12.8. The summed E-state index contributed by atoms with van der Waals surface area (Å²) in [5.74, 6) is -0.478. The SMILES string of the molecule is CN=Cc1ccccc1CON=C1CCN(S(=O)(=O)c2ccc(OC(F)(F)F)cc2)CC1. The van der Waals surface area contributed by atoms with Gasteiger partial charge in [0.1, 0.15) is 12.4 Å². The summed E-state index contributed by atoms with van der Waals surface area (Å²) in [6, 6.07) is 11.8. The summed E-state index contributed by atoms with van der Waals surface area (Å²) in [5, 5.41) is 4.14. The number of oxime groups is 1. The van der Waals surface area contributed by atoms with Crippen LogP contribution in [0.2, 0.25) is 0 Å². The Bertz CT molecular complexity index is 1070. The van der Waals surface area contributed by atoms with Gasteiger partial charge in [-0.05, 0) is 29.8 Å². The molecule has 0 spiro atoms. The molecule has 11 heteroatoms. The molecule has 2 aromatic rings. The summed E-state index contributed by atoms with van der Waals surface area (Å²) in [6.45, 7) is 0.662. The van der Waals surface area contributed by atoms with Gasteiger partial charge >= 0.3 is 6.36 Å². The lowest BCUT2D eigenvalue weighted by molar-refractivity contribution is -0.274. The van der Waals surface area contributed by atoms with Gasteiger partial charge in [0.2, 0.25) is 10.0 Å². The van der Waals surface area contributed by atoms with Gasteiger partial charge in [-0.25, -0.2) is 8.42 Å². The number of rotatable bonds is 7. The summed E-state index contributed by atoms with van der Waals surface area (Å²) in [7, 11) is -2.15. The van der Waals surface area contributed by atoms with E-state index in [0.717, 1.165) is 41.1 Å². The van der Waals surface area contributed by atoms with E-state index in [0.29, 0.717) is 12.8 Å². The average molecular weight is 469 g/mol. The first-order valence-electron chi connectivity index (χ1n) is 9.73. The van der Waals surface area contributed by atoms with Crippen molar-refractivity contribution in [3.05, 3.63) is 59.7 Å². The quantitative estimate of drug-likeness (QED) is 0.454. The minimum absolute atomic E-state index is 0.0992. The summed E-state index contributed by atoms with van der Waals surface area (Å²) in [6.07, 6.45) is -2.31. The standard InChI is InChI=1S/C21H22F3N3O4S/c1-25-14-16-4-2-3-5-17(16)15-30-26-18-10-12-27(13-11-18)32(28,29)20-8-6-19(7-9-20)31-21(22,23)24/h2-9,14H,10-13,15H2,1H3. The number of halogens is 3. The molecule has 0 saturated carbocycles. The maximum absolute atomic E-state index is 12.8. The highest BCUT2D eigenvalue weighted by molar-refractivity contribution is 7.89. The van der Waals surface area contributed by atoms with Crippen molar-refractivity contribution in [3.63, 3.8) is 0 Å². The third kappa shape index (κ3) is 6.30. The molecule has 172 valence electrons. The number of hydrogen-bond acceptors (Lipinski definition) is 6. The van der Waals surface area contributed by atoms with E-state index in [-0.39, 0.29) is 24.6 Å². The largest absolute Gasteiger partial charge is 0.573 e. The lowest BCUT2D eigenvalue weighted by Gasteiger charge is -2.26. The van der Waals surface area contributed by atoms with Gasteiger partial charge in [0.15, 0.2) is 0 Å². The number of alkyl halides is 3. The Hall–Kier alpha value is -2.92. The van der Waals surface area contributed by atoms with Crippen LogP contribution in [-0.2, 0) is 21.5 Å². The second kappa shape index (κ2) is 10.1. The van der Waals surface area contributed by atoms with Gasteiger partial charge in [0, 0.05) is 44.8 Å². The molecule has 0 radical (unpaired) electrons. The first-order chi connectivity index (χ1) is 15.2. The number of ether oxygens (including phenoxy) is 1. The molecule has 1 aliphatic rings. The van der Waals surface area contributed by atoms with Crippen LogP contribution >= 0.6 is 0 Å². The molecule has 0 bridgehead atoms. The molecule has 0 aromatic heterocycles. The molecule has 0 amide bonds. The Morgan fingerprint density at radius 2 is 1.72 bits per heavy atom. The highest BCUT2D eigenvalue weighted by Crippen LogP contribution is 2.26. The van der Waals surface area contributed by atoms with Crippen molar-refractivity contribution in [2.24, 2.45) is 10.1 Å². The fourth-order valence-corrected chi connectivity index (χ4v) is 4.60. The molecule has 32 heavy (non-hydrogen) atoms. The molecule has 7 nitrogen and oxygen atoms in total. The third-order valence-corrected chi connectivity index (χ3v) is 6.64. The number of piperidine rings is 1. The average Bonchev–Trinajstić information content (AvgIpc) is 2.75. The van der Waals surface area contributed by atoms with Crippen molar-refractivity contribution in [1.29, 1.82) is 0 Å². The van der Waals surface area contributed by atoms with Crippen molar-refractivity contribution in [2.45, 2.75) is 30.7 Å². The van der Waals surface area contributed by atoms with Gasteiger partial charge in [-0.2, -0.15) is 4.31 Å². The normalized spacial score (nSPS) is 15.7. The van der Waals surface area contributed by atoms with Gasteiger partial charge in [-0.3, -0.25) is 4.99 Å². The van der Waals surface area contributed by atoms with Crippen molar-refractivity contribution < 1.29 is 31.2 Å². The molecule has 0 unspecified atom stereocenters. The molecule has 1 heterocycles. The molecule has 2 aromatic carbocycles. The molecular formula is C21H22F3N3O4S. The second-order valence-corrected chi connectivity index (χ2v) is 8.88. The van der Waals surface area contributed by atoms with Crippen LogP contribution < -0.4 is 4.74 Å². The maximum Gasteiger partial charge on any atom is 0.573 e. The van der Waals surface area contributed by atoms with Gasteiger partial charge in [0.25, 0.3) is 0 Å². The second-order valence-electron chi connectivity index (χ2n) is 6.94. The fourth-order valence-electron chi connectivity index (χ4n) is 3.16. The Kier molecular flexibility index (Phi) is 7.52. The molecule has 0 N–H and O–H groups in total. The van der Waals surface area contributed by atoms with E-state index in [1.165, 1.54) is 4.31 Å². The Labute approximate surface area is 184 Å². The number of sulfonamides is 1. The first kappa shape index (κ1) is 23.7. The van der Waals surface area contributed by atoms with E-state index in [1.807, 2.05) is 24.3 Å². The van der Waals surface area contributed by atoms with E-state index >= 15 is 0 Å². The molecule has 1 fully saturated rings. The molecule has 3 rings (SSSR count). The van der Waals surface area contributed by atoms with E-state index < -0.39 is 22.1 Å². The number of nitrogens with zero attached hydrogens (tertiary/aromatic N) is 3. The monoisotopic (exact) mass is 469 g/mol. The Balaban J connectivity index is 1.56. The predicted octanol–water partition coefficient (Wildman–Crippen LogP) is 3.99. The van der Waals surface area contributed by atoms with Crippen LogP contribution in [0, 0.1) is 0 Å². The van der Waals surface area contributed by atoms with E-state index in [1.54, 1.807) is 13.3 Å². The van der Waals surface area contributed by atoms with Crippen LogP contribution in [0.5, 0.6) is 5.75 Å². The highest BCUT2D eigenvalue weighted by atomic mass is 32.2. The number of aliphatic imine (C=N–C) groups is 1. The van der Waals surface area contributed by atoms with Crippen LogP contribution in [0.4, 0.5) is 13.2 Å². The third-order valence-electron chi connectivity index (χ3n) is 4.73. The van der Waals surface area contributed by atoms with Crippen molar-refractivity contribution >= 4 is 21.9 Å². The first-order valence-corrected chi connectivity index (χ1v) is 11.2. The van der Waals surface area contributed by atoms with Gasteiger partial charge < -0.3 is 9.57 Å². The highest BCUT2D eigenvalue weighted by Gasteiger charge is 2.32. The molecule has 1 saturated heterocycles. The summed E-state index contributed by atoms with van der Waals surface area (Å²) >= 11 is 0. The van der Waals surface area contributed by atoms with E-state index in [9.17, 15) is 21.6 Å². The van der Waals surface area contributed by atoms with Gasteiger partial charge in [-0.1, -0.05) is 29.4 Å². The molecule has 1 aliphatic heterocycles. The zero-order chi connectivity index (χ0) is 23.2. The molecule has 0 atom stereocenters. The number of benzene rings is 2. The number of hydrogen-bond donors (Lipinski definition) is 0. The summed E-state index contributed by atoms with van der Waals surface area (Å²) in [4.78, 5) is 9.36. The smallest absolute Gasteiger partial charge is 0.406 e. The van der Waals surface area contributed by atoms with Crippen LogP contribution in [-0.4, -0.2) is 51.1 Å².